The minimum Gasteiger partial charge on any atom is -0.467 e. The van der Waals surface area contributed by atoms with E-state index >= 15 is 0 Å². The van der Waals surface area contributed by atoms with Crippen molar-refractivity contribution < 1.29 is 4.42 Å². The van der Waals surface area contributed by atoms with Gasteiger partial charge in [0, 0.05) is 5.56 Å². The Hall–Kier alpha value is -1.54. The Morgan fingerprint density at radius 3 is 2.05 bits per heavy atom. The van der Waals surface area contributed by atoms with Gasteiger partial charge in [-0.15, -0.1) is 0 Å². The monoisotopic (exact) mass is 285 g/mol. The van der Waals surface area contributed by atoms with E-state index in [-0.39, 0.29) is 0 Å². The van der Waals surface area contributed by atoms with Gasteiger partial charge in [0.15, 0.2) is 0 Å². The van der Waals surface area contributed by atoms with E-state index in [2.05, 4.69) is 52.9 Å². The quantitative estimate of drug-likeness (QED) is 0.783. The highest BCUT2D eigenvalue weighted by Gasteiger charge is 2.17. The van der Waals surface area contributed by atoms with Crippen LogP contribution in [0.4, 0.5) is 0 Å². The first-order valence-corrected chi connectivity index (χ1v) is 7.83. The van der Waals surface area contributed by atoms with Crippen molar-refractivity contribution >= 4 is 0 Å². The van der Waals surface area contributed by atoms with Crippen LogP contribution < -0.4 is 5.32 Å². The average molecular weight is 285 g/mol. The first kappa shape index (κ1) is 15.8. The van der Waals surface area contributed by atoms with Crippen molar-refractivity contribution in [2.75, 3.05) is 6.54 Å². The Morgan fingerprint density at radius 2 is 1.48 bits per heavy atom. The molecule has 0 atom stereocenters. The molecule has 1 aromatic heterocycles. The molecular formula is C19H27NO. The van der Waals surface area contributed by atoms with Gasteiger partial charge in [-0.1, -0.05) is 6.92 Å². The predicted molar refractivity (Wildman–Crippen MR) is 89.8 cm³/mol. The van der Waals surface area contributed by atoms with E-state index in [1.165, 1.54) is 38.9 Å². The largest absolute Gasteiger partial charge is 0.467 e. The lowest BCUT2D eigenvalue weighted by Crippen LogP contribution is -2.14. The van der Waals surface area contributed by atoms with Gasteiger partial charge in [-0.3, -0.25) is 0 Å². The molecule has 1 aromatic carbocycles. The van der Waals surface area contributed by atoms with Gasteiger partial charge in [-0.05, 0) is 87.0 Å². The zero-order valence-electron chi connectivity index (χ0n) is 14.2. The molecule has 21 heavy (non-hydrogen) atoms. The predicted octanol–water partition coefficient (Wildman–Crippen LogP) is 4.99. The number of hydrogen-bond acceptors (Lipinski definition) is 2. The van der Waals surface area contributed by atoms with Gasteiger partial charge in [0.2, 0.25) is 0 Å². The van der Waals surface area contributed by atoms with Crippen LogP contribution in [0.2, 0.25) is 0 Å². The number of furan rings is 1. The number of nitrogens with one attached hydrogen (secondary N) is 1. The molecule has 0 aliphatic carbocycles. The molecule has 0 fully saturated rings. The smallest absolute Gasteiger partial charge is 0.125 e. The average Bonchev–Trinajstić information content (AvgIpc) is 2.92. The van der Waals surface area contributed by atoms with Crippen molar-refractivity contribution in [3.63, 3.8) is 0 Å². The van der Waals surface area contributed by atoms with Gasteiger partial charge in [-0.2, -0.15) is 0 Å². The molecule has 0 radical (unpaired) electrons. The van der Waals surface area contributed by atoms with Gasteiger partial charge in [0.1, 0.15) is 5.76 Å². The third-order valence-corrected chi connectivity index (χ3v) is 4.73. The van der Waals surface area contributed by atoms with Gasteiger partial charge in [-0.25, -0.2) is 0 Å². The summed E-state index contributed by atoms with van der Waals surface area (Å²) in [4.78, 5) is 0. The van der Waals surface area contributed by atoms with Crippen molar-refractivity contribution in [1.29, 1.82) is 0 Å². The van der Waals surface area contributed by atoms with Crippen LogP contribution in [0.25, 0.3) is 11.1 Å². The molecule has 0 saturated carbocycles. The molecule has 1 heterocycles. The normalized spacial score (nSPS) is 11.1. The van der Waals surface area contributed by atoms with Gasteiger partial charge >= 0.3 is 0 Å². The fourth-order valence-electron chi connectivity index (χ4n) is 2.98. The van der Waals surface area contributed by atoms with Crippen LogP contribution >= 0.6 is 0 Å². The van der Waals surface area contributed by atoms with Gasteiger partial charge in [0.25, 0.3) is 0 Å². The summed E-state index contributed by atoms with van der Waals surface area (Å²) < 4.78 is 5.72. The summed E-state index contributed by atoms with van der Waals surface area (Å²) >= 11 is 0. The first-order chi connectivity index (χ1) is 9.99. The Morgan fingerprint density at radius 1 is 0.905 bits per heavy atom. The van der Waals surface area contributed by atoms with Crippen LogP contribution in [0, 0.1) is 34.6 Å². The molecule has 0 aliphatic heterocycles. The van der Waals surface area contributed by atoms with Crippen LogP contribution in [0.5, 0.6) is 0 Å². The van der Waals surface area contributed by atoms with Crippen LogP contribution in [0.15, 0.2) is 16.7 Å². The molecule has 2 rings (SSSR count). The molecule has 114 valence electrons. The van der Waals surface area contributed by atoms with Crippen molar-refractivity contribution in [3.05, 3.63) is 45.9 Å². The molecule has 0 unspecified atom stereocenters. The standard InChI is InChI=1S/C19H27NO/c1-7-9-20-11-18-17(8-10-21-18)19-15(5)13(3)12(2)14(4)16(19)6/h8,10,20H,7,9,11H2,1-6H3. The maximum Gasteiger partial charge on any atom is 0.125 e. The van der Waals surface area contributed by atoms with E-state index in [1.807, 2.05) is 6.26 Å². The molecule has 0 saturated heterocycles. The fourth-order valence-corrected chi connectivity index (χ4v) is 2.98. The maximum absolute atomic E-state index is 5.72. The molecule has 2 nitrogen and oxygen atoms in total. The van der Waals surface area contributed by atoms with Crippen LogP contribution in [0.1, 0.15) is 46.9 Å². The third kappa shape index (κ3) is 2.91. The SMILES string of the molecule is CCCNCc1occc1-c1c(C)c(C)c(C)c(C)c1C. The minimum absolute atomic E-state index is 0.793. The van der Waals surface area contributed by atoms with Gasteiger partial charge < -0.3 is 9.73 Å². The summed E-state index contributed by atoms with van der Waals surface area (Å²) in [6.45, 7) is 15.1. The third-order valence-electron chi connectivity index (χ3n) is 4.73. The van der Waals surface area contributed by atoms with Crippen molar-refractivity contribution in [2.24, 2.45) is 0 Å². The lowest BCUT2D eigenvalue weighted by molar-refractivity contribution is 0.484. The second kappa shape index (κ2) is 6.48. The lowest BCUT2D eigenvalue weighted by Gasteiger charge is -2.18. The summed E-state index contributed by atoms with van der Waals surface area (Å²) in [5.41, 5.74) is 9.51. The second-order valence-electron chi connectivity index (χ2n) is 5.93. The molecule has 2 aromatic rings. The van der Waals surface area contributed by atoms with Crippen LogP contribution in [-0.4, -0.2) is 6.54 Å². The Kier molecular flexibility index (Phi) is 4.89. The summed E-state index contributed by atoms with van der Waals surface area (Å²) in [6.07, 6.45) is 2.94. The van der Waals surface area contributed by atoms with Gasteiger partial charge in [0.05, 0.1) is 12.8 Å². The zero-order chi connectivity index (χ0) is 15.6. The van der Waals surface area contributed by atoms with Crippen molar-refractivity contribution in [1.82, 2.24) is 5.32 Å². The highest BCUT2D eigenvalue weighted by molar-refractivity contribution is 5.75. The Bertz CT molecular complexity index is 608. The summed E-state index contributed by atoms with van der Waals surface area (Å²) in [6, 6.07) is 2.10. The minimum atomic E-state index is 0.793. The Balaban J connectivity index is 2.51. The summed E-state index contributed by atoms with van der Waals surface area (Å²) in [5.74, 6) is 1.04. The highest BCUT2D eigenvalue weighted by atomic mass is 16.3. The molecule has 0 amide bonds. The van der Waals surface area contributed by atoms with E-state index in [1.54, 1.807) is 0 Å². The lowest BCUT2D eigenvalue weighted by atomic mass is 9.86. The van der Waals surface area contributed by atoms with Crippen LogP contribution in [-0.2, 0) is 6.54 Å². The number of benzene rings is 1. The maximum atomic E-state index is 5.72. The highest BCUT2D eigenvalue weighted by Crippen LogP contribution is 2.36. The molecule has 0 bridgehead atoms. The first-order valence-electron chi connectivity index (χ1n) is 7.83. The molecule has 0 spiro atoms. The number of rotatable bonds is 5. The topological polar surface area (TPSA) is 25.2 Å². The van der Waals surface area contributed by atoms with Crippen molar-refractivity contribution in [2.45, 2.75) is 54.5 Å². The van der Waals surface area contributed by atoms with Crippen LogP contribution in [0.3, 0.4) is 0 Å². The van der Waals surface area contributed by atoms with E-state index in [9.17, 15) is 0 Å². The fraction of sp³-hybridized carbons (Fsp3) is 0.474. The molecule has 2 heteroatoms. The van der Waals surface area contributed by atoms with E-state index in [0.717, 1.165) is 25.3 Å². The second-order valence-corrected chi connectivity index (χ2v) is 5.93. The Labute approximate surface area is 128 Å². The summed E-state index contributed by atoms with van der Waals surface area (Å²) in [5, 5.41) is 3.43. The zero-order valence-corrected chi connectivity index (χ0v) is 14.2. The molecular weight excluding hydrogens is 258 g/mol. The number of hydrogen-bond donors (Lipinski definition) is 1. The van der Waals surface area contributed by atoms with E-state index < -0.39 is 0 Å². The molecule has 0 aliphatic rings. The summed E-state index contributed by atoms with van der Waals surface area (Å²) in [7, 11) is 0. The van der Waals surface area contributed by atoms with E-state index in [4.69, 9.17) is 4.42 Å². The van der Waals surface area contributed by atoms with Crippen molar-refractivity contribution in [3.8, 4) is 11.1 Å². The molecule has 1 N–H and O–H groups in total. The van der Waals surface area contributed by atoms with E-state index in [0.29, 0.717) is 0 Å².